The van der Waals surface area contributed by atoms with Crippen molar-refractivity contribution in [3.63, 3.8) is 0 Å². The van der Waals surface area contributed by atoms with E-state index in [0.717, 1.165) is 5.01 Å². The molecule has 0 radical (unpaired) electrons. The number of carbonyl (C=O) groups is 2. The van der Waals surface area contributed by atoms with Crippen molar-refractivity contribution in [1.29, 1.82) is 0 Å². The molecule has 2 N–H and O–H groups in total. The van der Waals surface area contributed by atoms with Crippen LogP contribution in [0.5, 0.6) is 0 Å². The van der Waals surface area contributed by atoms with Crippen molar-refractivity contribution in [3.8, 4) is 0 Å². The molecule has 0 saturated heterocycles. The maximum absolute atomic E-state index is 11.7. The molecule has 1 amide bonds. The van der Waals surface area contributed by atoms with Crippen molar-refractivity contribution in [2.24, 2.45) is 5.92 Å². The van der Waals surface area contributed by atoms with Crippen molar-refractivity contribution in [3.05, 3.63) is 16.1 Å². The van der Waals surface area contributed by atoms with Crippen molar-refractivity contribution < 1.29 is 14.7 Å². The molecule has 100 valence electrons. The van der Waals surface area contributed by atoms with Crippen LogP contribution in [0.25, 0.3) is 0 Å². The zero-order valence-corrected chi connectivity index (χ0v) is 11.6. The Bertz CT molecular complexity index is 431. The molecule has 1 heterocycles. The Morgan fingerprint density at radius 1 is 1.56 bits per heavy atom. The van der Waals surface area contributed by atoms with Crippen molar-refractivity contribution in [2.75, 3.05) is 0 Å². The lowest BCUT2D eigenvalue weighted by Gasteiger charge is -2.19. The Hall–Kier alpha value is -1.43. The summed E-state index contributed by atoms with van der Waals surface area (Å²) in [6.45, 7) is 5.58. The number of hydrogen-bond acceptors (Lipinski definition) is 4. The lowest BCUT2D eigenvalue weighted by Crippen LogP contribution is -2.45. The minimum atomic E-state index is -0.993. The van der Waals surface area contributed by atoms with Gasteiger partial charge in [0.25, 0.3) is 0 Å². The molecule has 5 nitrogen and oxygen atoms in total. The van der Waals surface area contributed by atoms with E-state index in [0.29, 0.717) is 12.1 Å². The maximum Gasteiger partial charge on any atom is 0.326 e. The fourth-order valence-electron chi connectivity index (χ4n) is 1.56. The normalized spacial score (nSPS) is 13.9. The lowest BCUT2D eigenvalue weighted by atomic mass is 9.99. The van der Waals surface area contributed by atoms with E-state index in [2.05, 4.69) is 10.3 Å². The average molecular weight is 270 g/mol. The van der Waals surface area contributed by atoms with Gasteiger partial charge >= 0.3 is 5.97 Å². The van der Waals surface area contributed by atoms with E-state index < -0.39 is 12.0 Å². The lowest BCUT2D eigenvalue weighted by molar-refractivity contribution is -0.143. The van der Waals surface area contributed by atoms with Gasteiger partial charge in [-0.05, 0) is 12.8 Å². The summed E-state index contributed by atoms with van der Waals surface area (Å²) in [6, 6.07) is -0.831. The maximum atomic E-state index is 11.7. The molecule has 6 heteroatoms. The van der Waals surface area contributed by atoms with Gasteiger partial charge in [-0.15, -0.1) is 11.3 Å². The van der Waals surface area contributed by atoms with Gasteiger partial charge in [0.15, 0.2) is 0 Å². The number of aryl methyl sites for hydroxylation is 1. The minimum Gasteiger partial charge on any atom is -0.480 e. The predicted octanol–water partition coefficient (Wildman–Crippen LogP) is 1.61. The highest BCUT2D eigenvalue weighted by atomic mass is 32.1. The molecule has 0 aliphatic heterocycles. The molecule has 0 spiro atoms. The van der Waals surface area contributed by atoms with Crippen LogP contribution in [-0.2, 0) is 16.0 Å². The van der Waals surface area contributed by atoms with E-state index in [1.165, 1.54) is 11.3 Å². The van der Waals surface area contributed by atoms with Gasteiger partial charge in [0.2, 0.25) is 5.91 Å². The van der Waals surface area contributed by atoms with Crippen LogP contribution in [0.3, 0.4) is 0 Å². The van der Waals surface area contributed by atoms with Crippen LogP contribution in [0.2, 0.25) is 0 Å². The fourth-order valence-corrected chi connectivity index (χ4v) is 2.17. The van der Waals surface area contributed by atoms with Crippen LogP contribution in [0.1, 0.15) is 31.0 Å². The second-order valence-electron chi connectivity index (χ2n) is 4.30. The van der Waals surface area contributed by atoms with Gasteiger partial charge in [0.05, 0.1) is 17.1 Å². The van der Waals surface area contributed by atoms with Crippen LogP contribution < -0.4 is 5.32 Å². The number of nitrogens with one attached hydrogen (secondary N) is 1. The van der Waals surface area contributed by atoms with E-state index in [1.54, 1.807) is 0 Å². The Labute approximate surface area is 110 Å². The fraction of sp³-hybridized carbons (Fsp3) is 0.583. The van der Waals surface area contributed by atoms with Gasteiger partial charge in [-0.25, -0.2) is 9.78 Å². The number of amides is 1. The average Bonchev–Trinajstić information content (AvgIpc) is 2.70. The van der Waals surface area contributed by atoms with E-state index >= 15 is 0 Å². The summed E-state index contributed by atoms with van der Waals surface area (Å²) in [7, 11) is 0. The van der Waals surface area contributed by atoms with Gasteiger partial charge in [-0.3, -0.25) is 4.79 Å². The van der Waals surface area contributed by atoms with Crippen molar-refractivity contribution >= 4 is 23.2 Å². The number of nitrogens with zero attached hydrogens (tertiary/aromatic N) is 1. The van der Waals surface area contributed by atoms with Gasteiger partial charge in [0, 0.05) is 5.38 Å². The molecule has 1 aromatic rings. The van der Waals surface area contributed by atoms with Crippen molar-refractivity contribution in [2.45, 2.75) is 39.7 Å². The summed E-state index contributed by atoms with van der Waals surface area (Å²) < 4.78 is 0. The smallest absolute Gasteiger partial charge is 0.326 e. The molecule has 0 aliphatic carbocycles. The summed E-state index contributed by atoms with van der Waals surface area (Å²) in [5, 5.41) is 14.3. The Morgan fingerprint density at radius 2 is 2.22 bits per heavy atom. The summed E-state index contributed by atoms with van der Waals surface area (Å²) >= 11 is 1.47. The third kappa shape index (κ3) is 4.10. The standard InChI is InChI=1S/C12H18N2O3S/c1-4-7(2)11(12(16)17)14-10(15)5-9-6-18-8(3)13-9/h6-7,11H,4-5H2,1-3H3,(H,14,15)(H,16,17)/t7-,11-/m1/s1. The van der Waals surface area contributed by atoms with Crippen molar-refractivity contribution in [1.82, 2.24) is 10.3 Å². The van der Waals surface area contributed by atoms with Crippen LogP contribution in [0.4, 0.5) is 0 Å². The highest BCUT2D eigenvalue weighted by Crippen LogP contribution is 2.10. The minimum absolute atomic E-state index is 0.0939. The second kappa shape index (κ2) is 6.49. The first-order valence-electron chi connectivity index (χ1n) is 5.87. The van der Waals surface area contributed by atoms with E-state index in [-0.39, 0.29) is 18.2 Å². The quantitative estimate of drug-likeness (QED) is 0.823. The Morgan fingerprint density at radius 3 is 2.67 bits per heavy atom. The monoisotopic (exact) mass is 270 g/mol. The second-order valence-corrected chi connectivity index (χ2v) is 5.37. The van der Waals surface area contributed by atoms with Crippen LogP contribution in [-0.4, -0.2) is 28.0 Å². The van der Waals surface area contributed by atoms with E-state index in [9.17, 15) is 9.59 Å². The molecule has 0 fully saturated rings. The number of rotatable bonds is 6. The molecule has 0 aromatic carbocycles. The number of thiazole rings is 1. The summed E-state index contributed by atoms with van der Waals surface area (Å²) in [5.74, 6) is -1.39. The van der Waals surface area contributed by atoms with E-state index in [1.807, 2.05) is 26.2 Å². The van der Waals surface area contributed by atoms with Crippen LogP contribution in [0, 0.1) is 12.8 Å². The third-order valence-corrected chi connectivity index (χ3v) is 3.63. The van der Waals surface area contributed by atoms with Crippen LogP contribution >= 0.6 is 11.3 Å². The van der Waals surface area contributed by atoms with E-state index in [4.69, 9.17) is 5.11 Å². The molecular weight excluding hydrogens is 252 g/mol. The first kappa shape index (κ1) is 14.6. The van der Waals surface area contributed by atoms with Gasteiger partial charge in [-0.2, -0.15) is 0 Å². The summed E-state index contributed by atoms with van der Waals surface area (Å²) in [5.41, 5.74) is 0.684. The largest absolute Gasteiger partial charge is 0.480 e. The molecule has 2 atom stereocenters. The van der Waals surface area contributed by atoms with Crippen LogP contribution in [0.15, 0.2) is 5.38 Å². The number of carboxylic acids is 1. The van der Waals surface area contributed by atoms with Gasteiger partial charge in [-0.1, -0.05) is 20.3 Å². The molecule has 1 rings (SSSR count). The highest BCUT2D eigenvalue weighted by molar-refractivity contribution is 7.09. The first-order chi connectivity index (χ1) is 8.43. The number of hydrogen-bond donors (Lipinski definition) is 2. The Balaban J connectivity index is 2.59. The molecule has 18 heavy (non-hydrogen) atoms. The Kier molecular flexibility index (Phi) is 5.27. The van der Waals surface area contributed by atoms with Gasteiger partial charge < -0.3 is 10.4 Å². The SMILES string of the molecule is CC[C@@H](C)[C@@H](NC(=O)Cc1csc(C)n1)C(=O)O. The highest BCUT2D eigenvalue weighted by Gasteiger charge is 2.25. The first-order valence-corrected chi connectivity index (χ1v) is 6.75. The predicted molar refractivity (Wildman–Crippen MR) is 69.6 cm³/mol. The topological polar surface area (TPSA) is 79.3 Å². The molecule has 0 bridgehead atoms. The number of aromatic nitrogens is 1. The summed E-state index contributed by atoms with van der Waals surface area (Å²) in [6.07, 6.45) is 0.831. The third-order valence-electron chi connectivity index (χ3n) is 2.80. The molecular formula is C12H18N2O3S. The zero-order valence-electron chi connectivity index (χ0n) is 10.8. The number of aliphatic carboxylic acids is 1. The molecule has 1 aromatic heterocycles. The molecule has 0 aliphatic rings. The number of carbonyl (C=O) groups excluding carboxylic acids is 1. The zero-order chi connectivity index (χ0) is 13.7. The van der Waals surface area contributed by atoms with Gasteiger partial charge in [0.1, 0.15) is 6.04 Å². The summed E-state index contributed by atoms with van der Waals surface area (Å²) in [4.78, 5) is 27.0. The molecule has 0 unspecified atom stereocenters. The molecule has 0 saturated carbocycles. The number of carboxylic acid groups (broad SMARTS) is 1.